The topological polar surface area (TPSA) is 105 Å². The molecule has 28 heavy (non-hydrogen) atoms. The molecule has 8 nitrogen and oxygen atoms in total. The van der Waals surface area contributed by atoms with Crippen LogP contribution in [0.1, 0.15) is 39.2 Å². The van der Waals surface area contributed by atoms with Crippen LogP contribution in [0.25, 0.3) is 0 Å². The molecule has 154 valence electrons. The summed E-state index contributed by atoms with van der Waals surface area (Å²) in [6.07, 6.45) is -0.281. The molecule has 2 amide bonds. The lowest BCUT2D eigenvalue weighted by Crippen LogP contribution is -2.43. The van der Waals surface area contributed by atoms with E-state index < -0.39 is 29.8 Å². The Morgan fingerprint density at radius 2 is 1.89 bits per heavy atom. The van der Waals surface area contributed by atoms with E-state index in [1.807, 2.05) is 30.3 Å². The number of rotatable bonds is 6. The van der Waals surface area contributed by atoms with Gasteiger partial charge in [0.1, 0.15) is 18.2 Å². The molecule has 1 aromatic rings. The molecule has 0 saturated carbocycles. The third-order valence-corrected chi connectivity index (χ3v) is 4.34. The highest BCUT2D eigenvalue weighted by molar-refractivity contribution is 5.81. The van der Waals surface area contributed by atoms with Crippen LogP contribution >= 0.6 is 0 Å². The van der Waals surface area contributed by atoms with Crippen molar-refractivity contribution >= 4 is 18.2 Å². The van der Waals surface area contributed by atoms with E-state index in [2.05, 4.69) is 5.32 Å². The number of benzene rings is 1. The minimum absolute atomic E-state index is 0.0389. The minimum atomic E-state index is -1.05. The summed E-state index contributed by atoms with van der Waals surface area (Å²) >= 11 is 0. The summed E-state index contributed by atoms with van der Waals surface area (Å²) in [6.45, 7) is 6.01. The Morgan fingerprint density at radius 3 is 2.50 bits per heavy atom. The van der Waals surface area contributed by atoms with Crippen molar-refractivity contribution in [3.8, 4) is 0 Å². The summed E-state index contributed by atoms with van der Waals surface area (Å²) < 4.78 is 10.4. The number of nitrogens with zero attached hydrogens (tertiary/aromatic N) is 1. The molecule has 2 unspecified atom stereocenters. The first kappa shape index (κ1) is 21.5. The van der Waals surface area contributed by atoms with Crippen LogP contribution in [-0.2, 0) is 20.9 Å². The van der Waals surface area contributed by atoms with E-state index in [-0.39, 0.29) is 19.1 Å². The van der Waals surface area contributed by atoms with Crippen molar-refractivity contribution in [3.05, 3.63) is 35.9 Å². The molecule has 0 aromatic heterocycles. The normalized spacial score (nSPS) is 19.2. The molecule has 2 rings (SSSR count). The summed E-state index contributed by atoms with van der Waals surface area (Å²) in [7, 11) is 0. The second kappa shape index (κ2) is 9.43. The van der Waals surface area contributed by atoms with Gasteiger partial charge in [-0.05, 0) is 45.1 Å². The van der Waals surface area contributed by atoms with E-state index in [1.54, 1.807) is 20.8 Å². The summed E-state index contributed by atoms with van der Waals surface area (Å²) in [5.74, 6) is -1.09. The number of alkyl carbamates (subject to hydrolysis) is 1. The van der Waals surface area contributed by atoms with Crippen LogP contribution < -0.4 is 5.32 Å². The van der Waals surface area contributed by atoms with Crippen molar-refractivity contribution in [3.63, 3.8) is 0 Å². The minimum Gasteiger partial charge on any atom is -0.480 e. The number of amides is 2. The molecule has 0 spiro atoms. The number of nitrogens with one attached hydrogen (secondary N) is 1. The van der Waals surface area contributed by atoms with Gasteiger partial charge in [0.25, 0.3) is 0 Å². The second-order valence-electron chi connectivity index (χ2n) is 7.87. The zero-order chi connectivity index (χ0) is 20.7. The van der Waals surface area contributed by atoms with Crippen molar-refractivity contribution in [2.45, 2.75) is 51.9 Å². The van der Waals surface area contributed by atoms with Gasteiger partial charge < -0.3 is 19.9 Å². The van der Waals surface area contributed by atoms with Crippen molar-refractivity contribution in [2.24, 2.45) is 5.92 Å². The molecule has 1 heterocycles. The molecule has 1 aromatic carbocycles. The number of carbonyl (C=O) groups excluding carboxylic acids is 2. The third kappa shape index (κ3) is 6.75. The SMILES string of the molecule is CC(C)(C)OC(=O)N1CC(CCNC(=O)OCc2ccccc2)CC1C(=O)O. The first-order chi connectivity index (χ1) is 13.2. The summed E-state index contributed by atoms with van der Waals surface area (Å²) in [6, 6.07) is 8.44. The Bertz CT molecular complexity index is 686. The van der Waals surface area contributed by atoms with Crippen LogP contribution in [0.4, 0.5) is 9.59 Å². The Morgan fingerprint density at radius 1 is 1.21 bits per heavy atom. The summed E-state index contributed by atoms with van der Waals surface area (Å²) in [5, 5.41) is 12.1. The number of ether oxygens (including phenoxy) is 2. The van der Waals surface area contributed by atoms with Crippen molar-refractivity contribution in [2.75, 3.05) is 13.1 Å². The summed E-state index contributed by atoms with van der Waals surface area (Å²) in [5.41, 5.74) is 0.202. The van der Waals surface area contributed by atoms with Crippen molar-refractivity contribution in [1.29, 1.82) is 0 Å². The predicted molar refractivity (Wildman–Crippen MR) is 102 cm³/mol. The zero-order valence-electron chi connectivity index (χ0n) is 16.5. The van der Waals surface area contributed by atoms with E-state index >= 15 is 0 Å². The average Bonchev–Trinajstić information content (AvgIpc) is 3.04. The molecule has 0 aliphatic carbocycles. The highest BCUT2D eigenvalue weighted by atomic mass is 16.6. The van der Waals surface area contributed by atoms with Crippen LogP contribution in [-0.4, -0.2) is 52.9 Å². The molecule has 0 radical (unpaired) electrons. The second-order valence-corrected chi connectivity index (χ2v) is 7.87. The molecular formula is C20H28N2O6. The molecule has 1 aliphatic heterocycles. The molecule has 0 bridgehead atoms. The van der Waals surface area contributed by atoms with Gasteiger partial charge in [0, 0.05) is 13.1 Å². The number of aliphatic carboxylic acids is 1. The van der Waals surface area contributed by atoms with Crippen LogP contribution in [0.15, 0.2) is 30.3 Å². The number of likely N-dealkylation sites (tertiary alicyclic amines) is 1. The van der Waals surface area contributed by atoms with Crippen molar-refractivity contribution in [1.82, 2.24) is 10.2 Å². The van der Waals surface area contributed by atoms with Gasteiger partial charge in [0.05, 0.1) is 0 Å². The lowest BCUT2D eigenvalue weighted by Gasteiger charge is -2.26. The monoisotopic (exact) mass is 392 g/mol. The fraction of sp³-hybridized carbons (Fsp3) is 0.550. The fourth-order valence-corrected chi connectivity index (χ4v) is 3.04. The smallest absolute Gasteiger partial charge is 0.411 e. The van der Waals surface area contributed by atoms with Crippen LogP contribution in [0.3, 0.4) is 0 Å². The standard InChI is InChI=1S/C20H28N2O6/c1-20(2,3)28-19(26)22-12-15(11-16(22)17(23)24)9-10-21-18(25)27-13-14-7-5-4-6-8-14/h4-8,15-16H,9-13H2,1-3H3,(H,21,25)(H,23,24). The maximum absolute atomic E-state index is 12.3. The molecule has 2 N–H and O–H groups in total. The van der Waals surface area contributed by atoms with Crippen molar-refractivity contribution < 1.29 is 29.0 Å². The van der Waals surface area contributed by atoms with E-state index in [0.717, 1.165) is 5.56 Å². The molecule has 8 heteroatoms. The van der Waals surface area contributed by atoms with E-state index in [1.165, 1.54) is 4.90 Å². The molecular weight excluding hydrogens is 364 g/mol. The number of carboxylic acid groups (broad SMARTS) is 1. The Labute approximate surface area is 164 Å². The molecule has 2 atom stereocenters. The van der Waals surface area contributed by atoms with Gasteiger partial charge in [-0.1, -0.05) is 30.3 Å². The quantitative estimate of drug-likeness (QED) is 0.771. The fourth-order valence-electron chi connectivity index (χ4n) is 3.04. The van der Waals surface area contributed by atoms with Gasteiger partial charge in [0.2, 0.25) is 0 Å². The number of carboxylic acids is 1. The lowest BCUT2D eigenvalue weighted by molar-refractivity contribution is -0.142. The van der Waals surface area contributed by atoms with Crippen LogP contribution in [0.2, 0.25) is 0 Å². The average molecular weight is 392 g/mol. The molecule has 1 saturated heterocycles. The predicted octanol–water partition coefficient (Wildman–Crippen LogP) is 3.01. The van der Waals surface area contributed by atoms with Crippen LogP contribution in [0, 0.1) is 5.92 Å². The third-order valence-electron chi connectivity index (χ3n) is 4.34. The number of carbonyl (C=O) groups is 3. The van der Waals surface area contributed by atoms with Gasteiger partial charge in [-0.25, -0.2) is 14.4 Å². The molecule has 1 fully saturated rings. The van der Waals surface area contributed by atoms with Gasteiger partial charge >= 0.3 is 18.2 Å². The first-order valence-electron chi connectivity index (χ1n) is 9.32. The maximum Gasteiger partial charge on any atom is 0.411 e. The first-order valence-corrected chi connectivity index (χ1v) is 9.32. The maximum atomic E-state index is 12.3. The lowest BCUT2D eigenvalue weighted by atomic mass is 10.0. The highest BCUT2D eigenvalue weighted by Crippen LogP contribution is 2.27. The highest BCUT2D eigenvalue weighted by Gasteiger charge is 2.41. The van der Waals surface area contributed by atoms with E-state index in [4.69, 9.17) is 9.47 Å². The number of hydrogen-bond acceptors (Lipinski definition) is 5. The Balaban J connectivity index is 1.77. The largest absolute Gasteiger partial charge is 0.480 e. The van der Waals surface area contributed by atoms with Gasteiger partial charge in [-0.15, -0.1) is 0 Å². The van der Waals surface area contributed by atoms with Gasteiger partial charge in [0.15, 0.2) is 0 Å². The Kier molecular flexibility index (Phi) is 7.25. The number of hydrogen-bond donors (Lipinski definition) is 2. The van der Waals surface area contributed by atoms with Gasteiger partial charge in [-0.3, -0.25) is 4.90 Å². The van der Waals surface area contributed by atoms with Crippen LogP contribution in [0.5, 0.6) is 0 Å². The molecule has 1 aliphatic rings. The summed E-state index contributed by atoms with van der Waals surface area (Å²) in [4.78, 5) is 36.8. The van der Waals surface area contributed by atoms with E-state index in [9.17, 15) is 19.5 Å². The van der Waals surface area contributed by atoms with Gasteiger partial charge in [-0.2, -0.15) is 0 Å². The van der Waals surface area contributed by atoms with E-state index in [0.29, 0.717) is 19.4 Å². The Hall–Kier alpha value is -2.77. The zero-order valence-corrected chi connectivity index (χ0v) is 16.5.